The van der Waals surface area contributed by atoms with Gasteiger partial charge in [0, 0.05) is 19.7 Å². The SMILES string of the molecule is COCc1ccc(Cc2nc3c(Cc4ccccc4)[nH]c(-c4ccccc4)cn-3c2=O)o1. The van der Waals surface area contributed by atoms with Gasteiger partial charge in [-0.1, -0.05) is 60.7 Å². The second-order valence-corrected chi connectivity index (χ2v) is 7.71. The zero-order valence-electron chi connectivity index (χ0n) is 17.7. The van der Waals surface area contributed by atoms with Crippen molar-refractivity contribution >= 4 is 0 Å². The van der Waals surface area contributed by atoms with Crippen molar-refractivity contribution in [2.45, 2.75) is 19.4 Å². The quantitative estimate of drug-likeness (QED) is 0.414. The fourth-order valence-electron chi connectivity index (χ4n) is 3.88. The first-order valence-electron chi connectivity index (χ1n) is 10.5. The van der Waals surface area contributed by atoms with Crippen LogP contribution in [0.2, 0.25) is 0 Å². The molecule has 0 atom stereocenters. The van der Waals surface area contributed by atoms with Crippen LogP contribution in [0.5, 0.6) is 0 Å². The van der Waals surface area contributed by atoms with E-state index in [0.29, 0.717) is 36.7 Å². The summed E-state index contributed by atoms with van der Waals surface area (Å²) in [4.78, 5) is 21.5. The van der Waals surface area contributed by atoms with Crippen LogP contribution in [-0.4, -0.2) is 21.6 Å². The van der Waals surface area contributed by atoms with Crippen molar-refractivity contribution in [3.05, 3.63) is 118 Å². The predicted octanol–water partition coefficient (Wildman–Crippen LogP) is 4.59. The van der Waals surface area contributed by atoms with Gasteiger partial charge in [0.1, 0.15) is 23.8 Å². The highest BCUT2D eigenvalue weighted by Crippen LogP contribution is 2.24. The first-order chi connectivity index (χ1) is 15.7. The smallest absolute Gasteiger partial charge is 0.278 e. The number of hydrogen-bond acceptors (Lipinski definition) is 4. The van der Waals surface area contributed by atoms with E-state index in [-0.39, 0.29) is 5.56 Å². The van der Waals surface area contributed by atoms with Crippen molar-refractivity contribution in [2.24, 2.45) is 0 Å². The average Bonchev–Trinajstić information content (AvgIpc) is 3.40. The fourth-order valence-corrected chi connectivity index (χ4v) is 3.88. The highest BCUT2D eigenvalue weighted by Gasteiger charge is 2.21. The minimum Gasteiger partial charge on any atom is -0.463 e. The van der Waals surface area contributed by atoms with Gasteiger partial charge < -0.3 is 14.1 Å². The number of methoxy groups -OCH3 is 1. The molecule has 1 aromatic heterocycles. The molecule has 2 aliphatic heterocycles. The monoisotopic (exact) mass is 425 g/mol. The first-order valence-corrected chi connectivity index (χ1v) is 10.5. The van der Waals surface area contributed by atoms with Gasteiger partial charge >= 0.3 is 0 Å². The van der Waals surface area contributed by atoms with Crippen molar-refractivity contribution in [1.82, 2.24) is 14.5 Å². The Balaban J connectivity index is 1.59. The standard InChI is InChI=1S/C26H23N3O3/c1-31-17-21-13-12-20(32-21)15-23-26(30)29-16-24(19-10-6-3-7-11-19)27-22(25(29)28-23)14-18-8-4-2-5-9-18/h2-13,16,27H,14-15,17H2,1H3. The van der Waals surface area contributed by atoms with E-state index in [1.54, 1.807) is 11.7 Å². The molecule has 0 aliphatic carbocycles. The van der Waals surface area contributed by atoms with Gasteiger partial charge in [-0.05, 0) is 23.3 Å². The summed E-state index contributed by atoms with van der Waals surface area (Å²) in [6.45, 7) is 0.395. The lowest BCUT2D eigenvalue weighted by molar-refractivity contribution is 0.163. The Morgan fingerprint density at radius 2 is 1.66 bits per heavy atom. The van der Waals surface area contributed by atoms with Gasteiger partial charge in [0.05, 0.1) is 17.8 Å². The normalized spacial score (nSPS) is 11.3. The third-order valence-corrected chi connectivity index (χ3v) is 5.40. The van der Waals surface area contributed by atoms with Crippen LogP contribution in [-0.2, 0) is 24.2 Å². The summed E-state index contributed by atoms with van der Waals surface area (Å²) in [5.41, 5.74) is 4.23. The second kappa shape index (κ2) is 8.69. The van der Waals surface area contributed by atoms with Gasteiger partial charge in [-0.25, -0.2) is 4.98 Å². The number of rotatable bonds is 7. The van der Waals surface area contributed by atoms with Crippen LogP contribution >= 0.6 is 0 Å². The predicted molar refractivity (Wildman–Crippen MR) is 122 cm³/mol. The van der Waals surface area contributed by atoms with Crippen molar-refractivity contribution in [3.8, 4) is 17.1 Å². The van der Waals surface area contributed by atoms with Crippen molar-refractivity contribution in [1.29, 1.82) is 0 Å². The minimum absolute atomic E-state index is 0.134. The Morgan fingerprint density at radius 1 is 0.938 bits per heavy atom. The molecule has 0 saturated heterocycles. The largest absolute Gasteiger partial charge is 0.463 e. The summed E-state index contributed by atoms with van der Waals surface area (Å²) in [5, 5.41) is 0. The molecule has 3 heterocycles. The Labute approximate surface area is 185 Å². The van der Waals surface area contributed by atoms with Crippen LogP contribution < -0.4 is 5.56 Å². The lowest BCUT2D eigenvalue weighted by Gasteiger charge is -2.13. The molecule has 2 aromatic carbocycles. The van der Waals surface area contributed by atoms with Crippen molar-refractivity contribution < 1.29 is 9.15 Å². The van der Waals surface area contributed by atoms with E-state index in [1.165, 1.54) is 0 Å². The molecule has 32 heavy (non-hydrogen) atoms. The van der Waals surface area contributed by atoms with Crippen molar-refractivity contribution in [3.63, 3.8) is 0 Å². The number of furan rings is 1. The number of aromatic amines is 1. The molecule has 0 fully saturated rings. The summed E-state index contributed by atoms with van der Waals surface area (Å²) < 4.78 is 12.5. The van der Waals surface area contributed by atoms with Crippen molar-refractivity contribution in [2.75, 3.05) is 7.11 Å². The molecule has 0 bridgehead atoms. The molecule has 2 aliphatic rings. The van der Waals surface area contributed by atoms with Gasteiger partial charge in [0.25, 0.3) is 5.56 Å². The first kappa shape index (κ1) is 20.0. The Morgan fingerprint density at radius 3 is 2.41 bits per heavy atom. The number of nitrogens with one attached hydrogen (secondary N) is 1. The van der Waals surface area contributed by atoms with Crippen LogP contribution in [0.3, 0.4) is 0 Å². The van der Waals surface area contributed by atoms with Crippen LogP contribution in [0.25, 0.3) is 17.1 Å². The summed E-state index contributed by atoms with van der Waals surface area (Å²) in [6, 6.07) is 23.9. The third kappa shape index (κ3) is 4.00. The fraction of sp³-hybridized carbons (Fsp3) is 0.154. The lowest BCUT2D eigenvalue weighted by Crippen LogP contribution is -2.17. The van der Waals surface area contributed by atoms with Crippen LogP contribution in [0, 0.1) is 0 Å². The summed E-state index contributed by atoms with van der Waals surface area (Å²) in [5.74, 6) is 2.05. The summed E-state index contributed by atoms with van der Waals surface area (Å²) in [6.07, 6.45) is 2.80. The molecule has 0 spiro atoms. The summed E-state index contributed by atoms with van der Waals surface area (Å²) in [7, 11) is 1.62. The molecule has 0 radical (unpaired) electrons. The number of imidazole rings is 1. The van der Waals surface area contributed by atoms with E-state index in [2.05, 4.69) is 17.1 Å². The molecular weight excluding hydrogens is 402 g/mol. The molecule has 0 amide bonds. The number of fused-ring (bicyclic) bond motifs is 1. The molecule has 5 rings (SSSR count). The summed E-state index contributed by atoms with van der Waals surface area (Å²) >= 11 is 0. The molecular formula is C26H23N3O3. The minimum atomic E-state index is -0.134. The maximum Gasteiger partial charge on any atom is 0.278 e. The maximum absolute atomic E-state index is 13.3. The number of H-pyrrole nitrogens is 1. The topological polar surface area (TPSA) is 73.0 Å². The Hall–Kier alpha value is -3.90. The molecule has 3 aromatic rings. The average molecular weight is 425 g/mol. The van der Waals surface area contributed by atoms with E-state index in [4.69, 9.17) is 14.1 Å². The zero-order valence-corrected chi connectivity index (χ0v) is 17.7. The molecule has 6 heteroatoms. The molecule has 0 unspecified atom stereocenters. The van der Waals surface area contributed by atoms with Gasteiger partial charge in [-0.3, -0.25) is 9.36 Å². The number of ether oxygens (including phenoxy) is 1. The maximum atomic E-state index is 13.3. The molecule has 0 saturated carbocycles. The van der Waals surface area contributed by atoms with Gasteiger partial charge in [0.2, 0.25) is 0 Å². The zero-order chi connectivity index (χ0) is 21.9. The second-order valence-electron chi connectivity index (χ2n) is 7.71. The van der Waals surface area contributed by atoms with E-state index in [1.807, 2.05) is 66.9 Å². The van der Waals surface area contributed by atoms with E-state index in [9.17, 15) is 4.79 Å². The van der Waals surface area contributed by atoms with Gasteiger partial charge in [-0.15, -0.1) is 0 Å². The van der Waals surface area contributed by atoms with Crippen LogP contribution in [0.1, 0.15) is 28.5 Å². The number of aromatic nitrogens is 3. The number of hydrogen-bond donors (Lipinski definition) is 1. The Kier molecular flexibility index (Phi) is 5.44. The number of nitrogens with zero attached hydrogens (tertiary/aromatic N) is 2. The number of benzene rings is 2. The molecule has 1 N–H and O–H groups in total. The Bertz CT molecular complexity index is 1350. The van der Waals surface area contributed by atoms with E-state index in [0.717, 1.165) is 28.3 Å². The molecule has 160 valence electrons. The third-order valence-electron chi connectivity index (χ3n) is 5.40. The van der Waals surface area contributed by atoms with Crippen LogP contribution in [0.4, 0.5) is 0 Å². The van der Waals surface area contributed by atoms with Crippen LogP contribution in [0.15, 0.2) is 88.2 Å². The highest BCUT2D eigenvalue weighted by molar-refractivity contribution is 5.60. The van der Waals surface area contributed by atoms with E-state index < -0.39 is 0 Å². The molecule has 6 nitrogen and oxygen atoms in total. The highest BCUT2D eigenvalue weighted by atomic mass is 16.5. The van der Waals surface area contributed by atoms with E-state index >= 15 is 0 Å². The van der Waals surface area contributed by atoms with Gasteiger partial charge in [-0.2, -0.15) is 0 Å². The van der Waals surface area contributed by atoms with Gasteiger partial charge in [0.15, 0.2) is 5.82 Å². The lowest BCUT2D eigenvalue weighted by atomic mass is 10.1.